The van der Waals surface area contributed by atoms with Crippen molar-refractivity contribution >= 4 is 29.0 Å². The number of hydrogen-bond acceptors (Lipinski definition) is 8. The molecule has 9 heteroatoms. The third-order valence-corrected chi connectivity index (χ3v) is 7.71. The zero-order chi connectivity index (χ0) is 23.1. The van der Waals surface area contributed by atoms with Crippen LogP contribution in [0.2, 0.25) is 0 Å². The lowest BCUT2D eigenvalue weighted by atomic mass is 9.82. The molecule has 9 nitrogen and oxygen atoms in total. The second kappa shape index (κ2) is 8.87. The fraction of sp³-hybridized carbons (Fsp3) is 0.520. The van der Waals surface area contributed by atoms with E-state index in [1.807, 2.05) is 24.3 Å². The monoisotopic (exact) mass is 461 g/mol. The van der Waals surface area contributed by atoms with Crippen molar-refractivity contribution in [2.45, 2.75) is 50.2 Å². The summed E-state index contributed by atoms with van der Waals surface area (Å²) in [7, 11) is 2.23. The van der Waals surface area contributed by atoms with Gasteiger partial charge in [-0.3, -0.25) is 4.79 Å². The van der Waals surface area contributed by atoms with E-state index < -0.39 is 0 Å². The van der Waals surface area contributed by atoms with E-state index in [0.717, 1.165) is 45.0 Å². The number of nitrogens with one attached hydrogen (secondary N) is 1. The van der Waals surface area contributed by atoms with E-state index in [2.05, 4.69) is 37.0 Å². The van der Waals surface area contributed by atoms with Gasteiger partial charge in [-0.1, -0.05) is 12.5 Å². The average Bonchev–Trinajstić information content (AvgIpc) is 3.30. The maximum Gasteiger partial charge on any atom is 0.298 e. The van der Waals surface area contributed by atoms with Crippen molar-refractivity contribution in [3.05, 3.63) is 42.2 Å². The van der Waals surface area contributed by atoms with E-state index in [1.54, 1.807) is 12.4 Å². The van der Waals surface area contributed by atoms with Gasteiger partial charge in [-0.05, 0) is 50.9 Å². The van der Waals surface area contributed by atoms with Crippen LogP contribution in [0.1, 0.15) is 42.5 Å². The quantitative estimate of drug-likeness (QED) is 0.634. The molecule has 6 rings (SSSR count). The molecule has 1 N–H and O–H groups in total. The molecule has 0 saturated carbocycles. The van der Waals surface area contributed by atoms with E-state index >= 15 is 0 Å². The summed E-state index contributed by atoms with van der Waals surface area (Å²) >= 11 is 0. The number of piperidine rings is 2. The number of fused-ring (bicyclic) bond motifs is 3. The van der Waals surface area contributed by atoms with Crippen LogP contribution in [0, 0.1) is 0 Å². The molecule has 3 aliphatic heterocycles. The van der Waals surface area contributed by atoms with Gasteiger partial charge in [0.15, 0.2) is 5.58 Å². The molecule has 5 heterocycles. The molecule has 0 spiro atoms. The Hall–Kier alpha value is -3.20. The Labute approximate surface area is 199 Å². The number of benzene rings is 1. The number of anilines is 2. The minimum atomic E-state index is -0.0517. The molecule has 2 aromatic heterocycles. The lowest BCUT2D eigenvalue weighted by Crippen LogP contribution is -2.55. The molecule has 3 saturated heterocycles. The van der Waals surface area contributed by atoms with Crippen molar-refractivity contribution in [1.29, 1.82) is 0 Å². The molecular weight excluding hydrogens is 430 g/mol. The summed E-state index contributed by atoms with van der Waals surface area (Å²) in [6.07, 6.45) is 9.33. The first-order valence-corrected chi connectivity index (χ1v) is 12.3. The number of nitrogens with zero attached hydrogens (tertiary/aromatic N) is 6. The minimum absolute atomic E-state index is 0.0517. The zero-order valence-corrected chi connectivity index (χ0v) is 19.6. The fourth-order valence-electron chi connectivity index (χ4n) is 5.80. The Bertz CT molecular complexity index is 1140. The Kier molecular flexibility index (Phi) is 5.57. The van der Waals surface area contributed by atoms with Gasteiger partial charge < -0.3 is 24.4 Å². The smallest absolute Gasteiger partial charge is 0.298 e. The van der Waals surface area contributed by atoms with Crippen LogP contribution in [0.3, 0.4) is 0 Å². The van der Waals surface area contributed by atoms with E-state index in [1.165, 1.54) is 19.3 Å². The van der Waals surface area contributed by atoms with Crippen LogP contribution >= 0.6 is 0 Å². The summed E-state index contributed by atoms with van der Waals surface area (Å²) < 4.78 is 6.08. The molecule has 3 fully saturated rings. The molecule has 0 radical (unpaired) electrons. The number of carbonyl (C=O) groups excluding carboxylic acids is 1. The molecular formula is C25H31N7O2. The molecule has 0 aliphatic carbocycles. The second-order valence-electron chi connectivity index (χ2n) is 9.72. The van der Waals surface area contributed by atoms with Gasteiger partial charge in [-0.15, -0.1) is 0 Å². The first-order chi connectivity index (χ1) is 16.7. The van der Waals surface area contributed by atoms with Crippen LogP contribution in [0.4, 0.5) is 12.0 Å². The first-order valence-electron chi connectivity index (χ1n) is 12.3. The molecule has 2 bridgehead atoms. The van der Waals surface area contributed by atoms with Gasteiger partial charge in [-0.2, -0.15) is 4.98 Å². The molecule has 178 valence electrons. The van der Waals surface area contributed by atoms with Gasteiger partial charge in [0, 0.05) is 56.7 Å². The highest BCUT2D eigenvalue weighted by Crippen LogP contribution is 2.33. The molecule has 1 aromatic carbocycles. The van der Waals surface area contributed by atoms with Crippen molar-refractivity contribution in [2.75, 3.05) is 43.0 Å². The van der Waals surface area contributed by atoms with Gasteiger partial charge in [0.2, 0.25) is 5.95 Å². The van der Waals surface area contributed by atoms with Crippen molar-refractivity contribution in [1.82, 2.24) is 25.2 Å². The summed E-state index contributed by atoms with van der Waals surface area (Å²) in [5, 5.41) is 3.31. The standard InChI is InChI=1S/C25H31N7O2/c1-30-18-5-2-6-19(30)16-17(15-18)28-23(33)20-7-3-8-21-22(20)29-25(34-21)32-13-11-31(12-14-32)24-26-9-4-10-27-24/h3-4,7-10,17-19H,2,5-6,11-16H2,1H3,(H,28,33). The normalized spacial score (nSPS) is 25.5. The Morgan fingerprint density at radius 1 is 1.00 bits per heavy atom. The maximum absolute atomic E-state index is 13.3. The zero-order valence-electron chi connectivity index (χ0n) is 19.6. The highest BCUT2D eigenvalue weighted by atomic mass is 16.4. The van der Waals surface area contributed by atoms with E-state index in [9.17, 15) is 4.79 Å². The molecule has 2 atom stereocenters. The summed E-state index contributed by atoms with van der Waals surface area (Å²) in [6.45, 7) is 3.08. The third kappa shape index (κ3) is 3.98. The van der Waals surface area contributed by atoms with Gasteiger partial charge in [0.05, 0.1) is 5.56 Å². The largest absolute Gasteiger partial charge is 0.423 e. The third-order valence-electron chi connectivity index (χ3n) is 7.71. The highest BCUT2D eigenvalue weighted by molar-refractivity contribution is 6.04. The topological polar surface area (TPSA) is 90.6 Å². The Balaban J connectivity index is 1.16. The van der Waals surface area contributed by atoms with Crippen molar-refractivity contribution in [3.8, 4) is 0 Å². The number of para-hydroxylation sites is 1. The SMILES string of the molecule is CN1C2CCCC1CC(NC(=O)c1cccc3oc(N4CCN(c5ncccn5)CC4)nc13)C2. The number of hydrogen-bond donors (Lipinski definition) is 1. The molecule has 34 heavy (non-hydrogen) atoms. The van der Waals surface area contributed by atoms with Gasteiger partial charge in [0.25, 0.3) is 11.9 Å². The summed E-state index contributed by atoms with van der Waals surface area (Å²) in [4.78, 5) is 33.5. The average molecular weight is 462 g/mol. The number of piperazine rings is 1. The predicted octanol–water partition coefficient (Wildman–Crippen LogP) is 2.69. The molecule has 2 unspecified atom stereocenters. The van der Waals surface area contributed by atoms with Crippen LogP contribution in [-0.4, -0.2) is 77.1 Å². The first kappa shape index (κ1) is 21.3. The van der Waals surface area contributed by atoms with Crippen LogP contribution in [0.15, 0.2) is 41.1 Å². The van der Waals surface area contributed by atoms with E-state index in [-0.39, 0.29) is 11.9 Å². The number of rotatable bonds is 4. The minimum Gasteiger partial charge on any atom is -0.423 e. The highest BCUT2D eigenvalue weighted by Gasteiger charge is 2.36. The van der Waals surface area contributed by atoms with E-state index in [0.29, 0.717) is 34.8 Å². The van der Waals surface area contributed by atoms with Gasteiger partial charge in [-0.25, -0.2) is 9.97 Å². The molecule has 3 aliphatic rings. The Morgan fingerprint density at radius 2 is 1.71 bits per heavy atom. The van der Waals surface area contributed by atoms with Crippen LogP contribution in [0.25, 0.3) is 11.1 Å². The maximum atomic E-state index is 13.3. The van der Waals surface area contributed by atoms with Gasteiger partial charge in [0.1, 0.15) is 5.52 Å². The summed E-state index contributed by atoms with van der Waals surface area (Å²) in [5.74, 6) is 0.695. The molecule has 1 amide bonds. The van der Waals surface area contributed by atoms with Crippen LogP contribution in [-0.2, 0) is 0 Å². The fourth-order valence-corrected chi connectivity index (χ4v) is 5.80. The lowest BCUT2D eigenvalue weighted by Gasteiger charge is -2.47. The summed E-state index contributed by atoms with van der Waals surface area (Å²) in [5.41, 5.74) is 1.88. The lowest BCUT2D eigenvalue weighted by molar-refractivity contribution is 0.0463. The number of amides is 1. The predicted molar refractivity (Wildman–Crippen MR) is 130 cm³/mol. The van der Waals surface area contributed by atoms with Crippen molar-refractivity contribution < 1.29 is 9.21 Å². The van der Waals surface area contributed by atoms with Gasteiger partial charge >= 0.3 is 0 Å². The van der Waals surface area contributed by atoms with Crippen LogP contribution < -0.4 is 15.1 Å². The number of aromatic nitrogens is 3. The number of carbonyl (C=O) groups is 1. The van der Waals surface area contributed by atoms with Crippen molar-refractivity contribution in [2.24, 2.45) is 0 Å². The molecule has 3 aromatic rings. The number of oxazole rings is 1. The summed E-state index contributed by atoms with van der Waals surface area (Å²) in [6, 6.07) is 9.37. The van der Waals surface area contributed by atoms with Crippen LogP contribution in [0.5, 0.6) is 0 Å². The van der Waals surface area contributed by atoms with Crippen molar-refractivity contribution in [3.63, 3.8) is 0 Å². The van der Waals surface area contributed by atoms with E-state index in [4.69, 9.17) is 9.40 Å². The second-order valence-corrected chi connectivity index (χ2v) is 9.72. The Morgan fingerprint density at radius 3 is 2.44 bits per heavy atom.